The highest BCUT2D eigenvalue weighted by atomic mass is 16.5. The molecule has 4 nitrogen and oxygen atoms in total. The first-order valence-electron chi connectivity index (χ1n) is 3.77. The Morgan fingerprint density at radius 2 is 2.42 bits per heavy atom. The molecule has 0 bridgehead atoms. The average Bonchev–Trinajstić information content (AvgIpc) is 2.47. The zero-order valence-electron chi connectivity index (χ0n) is 6.45. The summed E-state index contributed by atoms with van der Waals surface area (Å²) in [5, 5.41) is 2.79. The first-order valence-corrected chi connectivity index (χ1v) is 3.77. The van der Waals surface area contributed by atoms with E-state index in [2.05, 4.69) is 5.32 Å². The minimum Gasteiger partial charge on any atom is -0.472 e. The first kappa shape index (κ1) is 7.36. The van der Waals surface area contributed by atoms with Gasteiger partial charge in [0.2, 0.25) is 0 Å². The zero-order chi connectivity index (χ0) is 8.39. The van der Waals surface area contributed by atoms with E-state index in [4.69, 9.17) is 9.15 Å². The number of ether oxygens (including phenoxy) is 1. The van der Waals surface area contributed by atoms with Crippen molar-refractivity contribution in [1.82, 2.24) is 5.32 Å². The van der Waals surface area contributed by atoms with Crippen molar-refractivity contribution in [2.24, 2.45) is 0 Å². The lowest BCUT2D eigenvalue weighted by molar-refractivity contribution is -0.00347. The van der Waals surface area contributed by atoms with Crippen molar-refractivity contribution >= 4 is 5.91 Å². The third-order valence-corrected chi connectivity index (χ3v) is 1.76. The molecule has 2 rings (SSSR count). The molecule has 1 saturated heterocycles. The fourth-order valence-electron chi connectivity index (χ4n) is 0.981. The maximum Gasteiger partial charge on any atom is 0.254 e. The predicted molar refractivity (Wildman–Crippen MR) is 40.8 cm³/mol. The van der Waals surface area contributed by atoms with Gasteiger partial charge in [-0.3, -0.25) is 4.79 Å². The molecule has 1 aromatic rings. The van der Waals surface area contributed by atoms with Gasteiger partial charge in [-0.1, -0.05) is 0 Å². The molecule has 4 heteroatoms. The second kappa shape index (κ2) is 2.98. The number of carbonyl (C=O) groups is 1. The predicted octanol–water partition coefficient (Wildman–Crippen LogP) is 0.408. The highest BCUT2D eigenvalue weighted by Crippen LogP contribution is 2.03. The lowest BCUT2D eigenvalue weighted by atomic mass is 10.2. The zero-order valence-corrected chi connectivity index (χ0v) is 6.45. The van der Waals surface area contributed by atoms with Crippen LogP contribution in [-0.4, -0.2) is 25.2 Å². The van der Waals surface area contributed by atoms with Gasteiger partial charge in [-0.25, -0.2) is 0 Å². The van der Waals surface area contributed by atoms with Crippen LogP contribution < -0.4 is 5.32 Å². The van der Waals surface area contributed by atoms with E-state index in [1.165, 1.54) is 12.5 Å². The van der Waals surface area contributed by atoms with Crippen molar-refractivity contribution in [3.63, 3.8) is 0 Å². The smallest absolute Gasteiger partial charge is 0.254 e. The number of nitrogens with one attached hydrogen (secondary N) is 1. The lowest BCUT2D eigenvalue weighted by Crippen LogP contribution is -2.48. The highest BCUT2D eigenvalue weighted by molar-refractivity contribution is 5.94. The van der Waals surface area contributed by atoms with Gasteiger partial charge in [0.05, 0.1) is 31.1 Å². The van der Waals surface area contributed by atoms with Gasteiger partial charge in [0.15, 0.2) is 0 Å². The maximum absolute atomic E-state index is 11.3. The summed E-state index contributed by atoms with van der Waals surface area (Å²) in [6, 6.07) is 1.81. The summed E-state index contributed by atoms with van der Waals surface area (Å²) in [5.74, 6) is -0.1000. The van der Waals surface area contributed by atoms with Gasteiger partial charge in [-0.2, -0.15) is 0 Å². The van der Waals surface area contributed by atoms with E-state index in [0.29, 0.717) is 18.8 Å². The summed E-state index contributed by atoms with van der Waals surface area (Å²) in [7, 11) is 0. The highest BCUT2D eigenvalue weighted by Gasteiger charge is 2.21. The molecule has 0 unspecified atom stereocenters. The summed E-state index contributed by atoms with van der Waals surface area (Å²) in [6.07, 6.45) is 2.90. The Labute approximate surface area is 69.5 Å². The van der Waals surface area contributed by atoms with Gasteiger partial charge >= 0.3 is 0 Å². The Morgan fingerprint density at radius 1 is 1.58 bits per heavy atom. The van der Waals surface area contributed by atoms with Crippen molar-refractivity contribution in [2.45, 2.75) is 6.04 Å². The largest absolute Gasteiger partial charge is 0.472 e. The summed E-state index contributed by atoms with van der Waals surface area (Å²) >= 11 is 0. The number of carbonyl (C=O) groups excluding carboxylic acids is 1. The van der Waals surface area contributed by atoms with E-state index in [1.807, 2.05) is 0 Å². The van der Waals surface area contributed by atoms with Gasteiger partial charge in [0, 0.05) is 0 Å². The van der Waals surface area contributed by atoms with E-state index in [1.54, 1.807) is 6.07 Å². The van der Waals surface area contributed by atoms with E-state index in [0.717, 1.165) is 0 Å². The molecule has 0 atom stereocenters. The van der Waals surface area contributed by atoms with Crippen LogP contribution in [-0.2, 0) is 4.74 Å². The summed E-state index contributed by atoms with van der Waals surface area (Å²) in [6.45, 7) is 1.23. The Balaban J connectivity index is 1.92. The van der Waals surface area contributed by atoms with Gasteiger partial charge < -0.3 is 14.5 Å². The lowest BCUT2D eigenvalue weighted by Gasteiger charge is -2.26. The molecular weight excluding hydrogens is 158 g/mol. The molecule has 1 aliphatic rings. The molecule has 0 saturated carbocycles. The summed E-state index contributed by atoms with van der Waals surface area (Å²) < 4.78 is 9.69. The molecule has 0 spiro atoms. The van der Waals surface area contributed by atoms with Crippen molar-refractivity contribution in [3.8, 4) is 0 Å². The Hall–Kier alpha value is -1.29. The third-order valence-electron chi connectivity index (χ3n) is 1.76. The number of hydrogen-bond donors (Lipinski definition) is 1. The fourth-order valence-corrected chi connectivity index (χ4v) is 0.981. The summed E-state index contributed by atoms with van der Waals surface area (Å²) in [4.78, 5) is 11.3. The van der Waals surface area contributed by atoms with Gasteiger partial charge in [-0.05, 0) is 6.07 Å². The van der Waals surface area contributed by atoms with Gasteiger partial charge in [-0.15, -0.1) is 0 Å². The molecule has 1 fully saturated rings. The maximum atomic E-state index is 11.3. The first-order chi connectivity index (χ1) is 5.86. The summed E-state index contributed by atoms with van der Waals surface area (Å²) in [5.41, 5.74) is 0.557. The molecular formula is C8H9NO3. The van der Waals surface area contributed by atoms with Crippen LogP contribution in [0.1, 0.15) is 10.4 Å². The van der Waals surface area contributed by atoms with Crippen LogP contribution >= 0.6 is 0 Å². The van der Waals surface area contributed by atoms with E-state index in [9.17, 15) is 4.79 Å². The Morgan fingerprint density at radius 3 is 2.92 bits per heavy atom. The van der Waals surface area contributed by atoms with Crippen LogP contribution in [0.25, 0.3) is 0 Å². The number of rotatable bonds is 2. The van der Waals surface area contributed by atoms with Crippen LogP contribution in [0.3, 0.4) is 0 Å². The van der Waals surface area contributed by atoms with E-state index in [-0.39, 0.29) is 11.9 Å². The van der Waals surface area contributed by atoms with Crippen LogP contribution in [0.4, 0.5) is 0 Å². The van der Waals surface area contributed by atoms with Crippen molar-refractivity contribution in [1.29, 1.82) is 0 Å². The van der Waals surface area contributed by atoms with Crippen molar-refractivity contribution < 1.29 is 13.9 Å². The standard InChI is InChI=1S/C8H9NO3/c10-8(6-1-2-11-3-6)9-7-4-12-5-7/h1-3,7H,4-5H2,(H,9,10). The van der Waals surface area contributed by atoms with Gasteiger partial charge in [0.25, 0.3) is 5.91 Å². The molecule has 64 valence electrons. The molecule has 1 N–H and O–H groups in total. The molecule has 1 aromatic heterocycles. The molecule has 1 amide bonds. The van der Waals surface area contributed by atoms with Crippen molar-refractivity contribution in [3.05, 3.63) is 24.2 Å². The van der Waals surface area contributed by atoms with Crippen LogP contribution in [0.15, 0.2) is 23.0 Å². The second-order valence-electron chi connectivity index (χ2n) is 2.72. The van der Waals surface area contributed by atoms with Crippen LogP contribution in [0, 0.1) is 0 Å². The molecule has 0 radical (unpaired) electrons. The fraction of sp³-hybridized carbons (Fsp3) is 0.375. The molecule has 12 heavy (non-hydrogen) atoms. The quantitative estimate of drug-likeness (QED) is 0.694. The molecule has 0 aromatic carbocycles. The van der Waals surface area contributed by atoms with Gasteiger partial charge in [0.1, 0.15) is 6.26 Å². The van der Waals surface area contributed by atoms with E-state index < -0.39 is 0 Å². The van der Waals surface area contributed by atoms with E-state index >= 15 is 0 Å². The Kier molecular flexibility index (Phi) is 1.83. The van der Waals surface area contributed by atoms with Crippen molar-refractivity contribution in [2.75, 3.05) is 13.2 Å². The Bertz CT molecular complexity index is 264. The number of amides is 1. The average molecular weight is 167 g/mol. The monoisotopic (exact) mass is 167 g/mol. The number of hydrogen-bond acceptors (Lipinski definition) is 3. The molecule has 2 heterocycles. The third kappa shape index (κ3) is 1.33. The molecule has 0 aliphatic carbocycles. The minimum atomic E-state index is -0.1000. The van der Waals surface area contributed by atoms with Crippen LogP contribution in [0.2, 0.25) is 0 Å². The molecule has 1 aliphatic heterocycles. The topological polar surface area (TPSA) is 51.5 Å². The minimum absolute atomic E-state index is 0.1000. The number of furan rings is 1. The normalized spacial score (nSPS) is 17.0. The second-order valence-corrected chi connectivity index (χ2v) is 2.72. The SMILES string of the molecule is O=C(NC1COC1)c1ccoc1. The van der Waals surface area contributed by atoms with Crippen LogP contribution in [0.5, 0.6) is 0 Å².